The van der Waals surface area contributed by atoms with Gasteiger partial charge in [-0.05, 0) is 26.0 Å². The molecule has 0 unspecified atom stereocenters. The number of carbonyl (C=O) groups is 2. The molecule has 0 aliphatic rings. The van der Waals surface area contributed by atoms with Crippen molar-refractivity contribution < 1.29 is 22.2 Å². The highest BCUT2D eigenvalue weighted by Gasteiger charge is 2.19. The summed E-state index contributed by atoms with van der Waals surface area (Å²) in [6, 6.07) is 0. The Bertz CT molecular complexity index is 333. The summed E-state index contributed by atoms with van der Waals surface area (Å²) in [6.45, 7) is 2.81. The zero-order valence-corrected chi connectivity index (χ0v) is 11.2. The van der Waals surface area contributed by atoms with E-state index < -0.39 is 15.4 Å². The molecule has 0 N–H and O–H groups in total. The molecular formula is C9H16O5S2. The lowest BCUT2D eigenvalue weighted by Crippen LogP contribution is -2.22. The first-order valence-electron chi connectivity index (χ1n) is 4.71. The minimum Gasteiger partial charge on any atom is -0.298 e. The third kappa shape index (κ3) is 7.84. The lowest BCUT2D eigenvalue weighted by atomic mass is 10.2. The summed E-state index contributed by atoms with van der Waals surface area (Å²) in [5.41, 5.74) is 0. The molecule has 0 aromatic heterocycles. The van der Waals surface area contributed by atoms with Crippen molar-refractivity contribution in [2.24, 2.45) is 0 Å². The molecule has 0 radical (unpaired) electrons. The second-order valence-electron chi connectivity index (χ2n) is 3.35. The highest BCUT2D eigenvalue weighted by Crippen LogP contribution is 2.14. The van der Waals surface area contributed by atoms with Gasteiger partial charge in [0.1, 0.15) is 16.8 Å². The van der Waals surface area contributed by atoms with Crippen LogP contribution in [0.2, 0.25) is 0 Å². The third-order valence-electron chi connectivity index (χ3n) is 1.61. The SMILES string of the molecule is CC(=O)C(SCCCOS(C)(=O)=O)C(C)=O. The first-order chi connectivity index (χ1) is 7.24. The number of rotatable bonds is 8. The van der Waals surface area contributed by atoms with Crippen molar-refractivity contribution >= 4 is 33.4 Å². The van der Waals surface area contributed by atoms with Crippen LogP contribution < -0.4 is 0 Å². The van der Waals surface area contributed by atoms with Crippen LogP contribution in [0.1, 0.15) is 20.3 Å². The molecule has 0 aromatic rings. The fourth-order valence-electron chi connectivity index (χ4n) is 0.991. The Labute approximate surface area is 100 Å². The highest BCUT2D eigenvalue weighted by atomic mass is 32.2. The molecule has 0 atom stereocenters. The van der Waals surface area contributed by atoms with Gasteiger partial charge in [-0.15, -0.1) is 11.8 Å². The molecule has 0 amide bonds. The summed E-state index contributed by atoms with van der Waals surface area (Å²) in [6.07, 6.45) is 1.46. The van der Waals surface area contributed by atoms with Crippen LogP contribution in [0.25, 0.3) is 0 Å². The summed E-state index contributed by atoms with van der Waals surface area (Å²) >= 11 is 1.21. The van der Waals surface area contributed by atoms with E-state index in [4.69, 9.17) is 0 Å². The summed E-state index contributed by atoms with van der Waals surface area (Å²) in [4.78, 5) is 22.1. The first kappa shape index (κ1) is 15.6. The fourth-order valence-corrected chi connectivity index (χ4v) is 2.40. The van der Waals surface area contributed by atoms with Gasteiger partial charge in [0.2, 0.25) is 0 Å². The van der Waals surface area contributed by atoms with Crippen molar-refractivity contribution in [3.63, 3.8) is 0 Å². The van der Waals surface area contributed by atoms with Crippen molar-refractivity contribution in [2.45, 2.75) is 25.5 Å². The van der Waals surface area contributed by atoms with E-state index in [1.165, 1.54) is 25.6 Å². The van der Waals surface area contributed by atoms with E-state index in [0.29, 0.717) is 12.2 Å². The Morgan fingerprint density at radius 3 is 2.12 bits per heavy atom. The van der Waals surface area contributed by atoms with Crippen LogP contribution in [-0.4, -0.2) is 43.8 Å². The van der Waals surface area contributed by atoms with Gasteiger partial charge < -0.3 is 0 Å². The second kappa shape index (κ2) is 7.03. The molecule has 0 spiro atoms. The van der Waals surface area contributed by atoms with Crippen molar-refractivity contribution in [3.8, 4) is 0 Å². The van der Waals surface area contributed by atoms with Crippen molar-refractivity contribution in [3.05, 3.63) is 0 Å². The Kier molecular flexibility index (Phi) is 6.85. The second-order valence-corrected chi connectivity index (χ2v) is 6.21. The van der Waals surface area contributed by atoms with Crippen LogP contribution >= 0.6 is 11.8 Å². The van der Waals surface area contributed by atoms with Gasteiger partial charge in [-0.25, -0.2) is 0 Å². The summed E-state index contributed by atoms with van der Waals surface area (Å²) in [7, 11) is -3.40. The molecule has 0 aromatic carbocycles. The summed E-state index contributed by atoms with van der Waals surface area (Å²) < 4.78 is 25.7. The molecule has 16 heavy (non-hydrogen) atoms. The smallest absolute Gasteiger partial charge is 0.264 e. The average molecular weight is 268 g/mol. The maximum Gasteiger partial charge on any atom is 0.264 e. The number of Topliss-reactive ketones (excluding diaryl/α,β-unsaturated/α-hetero) is 2. The number of hydrogen-bond donors (Lipinski definition) is 0. The molecule has 0 heterocycles. The van der Waals surface area contributed by atoms with Gasteiger partial charge in [-0.1, -0.05) is 0 Å². The Hall–Kier alpha value is -0.400. The molecular weight excluding hydrogens is 252 g/mol. The van der Waals surface area contributed by atoms with E-state index in [1.54, 1.807) is 0 Å². The van der Waals surface area contributed by atoms with Crippen LogP contribution in [0.4, 0.5) is 0 Å². The molecule has 0 saturated heterocycles. The van der Waals surface area contributed by atoms with Gasteiger partial charge in [-0.2, -0.15) is 8.42 Å². The van der Waals surface area contributed by atoms with E-state index >= 15 is 0 Å². The average Bonchev–Trinajstić information content (AvgIpc) is 2.07. The topological polar surface area (TPSA) is 77.5 Å². The minimum absolute atomic E-state index is 0.0777. The number of hydrogen-bond acceptors (Lipinski definition) is 6. The maximum atomic E-state index is 11.0. The van der Waals surface area contributed by atoms with Crippen LogP contribution in [0.15, 0.2) is 0 Å². The Morgan fingerprint density at radius 2 is 1.75 bits per heavy atom. The Morgan fingerprint density at radius 1 is 1.25 bits per heavy atom. The monoisotopic (exact) mass is 268 g/mol. The first-order valence-corrected chi connectivity index (χ1v) is 7.57. The molecule has 7 heteroatoms. The van der Waals surface area contributed by atoms with E-state index in [2.05, 4.69) is 4.18 Å². The maximum absolute atomic E-state index is 11.0. The molecule has 0 saturated carbocycles. The van der Waals surface area contributed by atoms with Gasteiger partial charge in [0, 0.05) is 0 Å². The molecule has 0 aliphatic heterocycles. The minimum atomic E-state index is -3.40. The van der Waals surface area contributed by atoms with Gasteiger partial charge >= 0.3 is 0 Å². The van der Waals surface area contributed by atoms with E-state index in [1.807, 2.05) is 0 Å². The largest absolute Gasteiger partial charge is 0.298 e. The fraction of sp³-hybridized carbons (Fsp3) is 0.778. The zero-order chi connectivity index (χ0) is 12.8. The number of ketones is 2. The molecule has 0 bridgehead atoms. The molecule has 5 nitrogen and oxygen atoms in total. The van der Waals surface area contributed by atoms with E-state index in [9.17, 15) is 18.0 Å². The van der Waals surface area contributed by atoms with Crippen molar-refractivity contribution in [1.29, 1.82) is 0 Å². The summed E-state index contributed by atoms with van der Waals surface area (Å²) in [5, 5.41) is -0.641. The summed E-state index contributed by atoms with van der Waals surface area (Å²) in [5.74, 6) is 0.155. The van der Waals surface area contributed by atoms with Crippen LogP contribution in [0, 0.1) is 0 Å². The van der Waals surface area contributed by atoms with Crippen LogP contribution in [0.3, 0.4) is 0 Å². The highest BCUT2D eigenvalue weighted by molar-refractivity contribution is 8.01. The van der Waals surface area contributed by atoms with Crippen LogP contribution in [0.5, 0.6) is 0 Å². The van der Waals surface area contributed by atoms with Crippen LogP contribution in [-0.2, 0) is 23.9 Å². The predicted molar refractivity (Wildman–Crippen MR) is 63.0 cm³/mol. The van der Waals surface area contributed by atoms with Gasteiger partial charge in [-0.3, -0.25) is 13.8 Å². The van der Waals surface area contributed by atoms with Gasteiger partial charge in [0.15, 0.2) is 0 Å². The third-order valence-corrected chi connectivity index (χ3v) is 3.73. The molecule has 0 aliphatic carbocycles. The number of carbonyl (C=O) groups excluding carboxylic acids is 2. The van der Waals surface area contributed by atoms with Gasteiger partial charge in [0.05, 0.1) is 12.9 Å². The molecule has 0 rings (SSSR count). The molecule has 0 fully saturated rings. The zero-order valence-electron chi connectivity index (χ0n) is 9.56. The normalized spacial score (nSPS) is 11.8. The van der Waals surface area contributed by atoms with Crippen molar-refractivity contribution in [1.82, 2.24) is 0 Å². The van der Waals surface area contributed by atoms with Crippen molar-refractivity contribution in [2.75, 3.05) is 18.6 Å². The van der Waals surface area contributed by atoms with E-state index in [0.717, 1.165) is 6.26 Å². The lowest BCUT2D eigenvalue weighted by Gasteiger charge is -2.09. The predicted octanol–water partition coefficient (Wildman–Crippen LogP) is 0.632. The quantitative estimate of drug-likeness (QED) is 0.365. The molecule has 94 valence electrons. The van der Waals surface area contributed by atoms with Gasteiger partial charge in [0.25, 0.3) is 10.1 Å². The number of thioether (sulfide) groups is 1. The lowest BCUT2D eigenvalue weighted by molar-refractivity contribution is -0.123. The standard InChI is InChI=1S/C9H16O5S2/c1-7(10)9(8(2)11)15-6-4-5-14-16(3,12)13/h9H,4-6H2,1-3H3. The Balaban J connectivity index is 3.80. The van der Waals surface area contributed by atoms with E-state index in [-0.39, 0.29) is 18.2 Å².